The van der Waals surface area contributed by atoms with Crippen LogP contribution in [0.15, 0.2) is 71.3 Å². The monoisotopic (exact) mass is 399 g/mol. The molecule has 6 heteroatoms. The molecule has 1 saturated heterocycles. The Hall–Kier alpha value is -3.93. The summed E-state index contributed by atoms with van der Waals surface area (Å²) in [6.07, 6.45) is 1.89. The number of carbonyl (C=O) groups is 3. The zero-order chi connectivity index (χ0) is 20.7. The van der Waals surface area contributed by atoms with Crippen molar-refractivity contribution in [1.82, 2.24) is 0 Å². The number of rotatable bonds is 4. The number of hydrogen-bond donors (Lipinski definition) is 0. The van der Waals surface area contributed by atoms with Gasteiger partial charge in [-0.15, -0.1) is 0 Å². The Balaban J connectivity index is 1.45. The van der Waals surface area contributed by atoms with E-state index in [9.17, 15) is 14.4 Å². The number of esters is 1. The highest BCUT2D eigenvalue weighted by Gasteiger charge is 2.32. The van der Waals surface area contributed by atoms with Crippen LogP contribution >= 0.6 is 0 Å². The van der Waals surface area contributed by atoms with Gasteiger partial charge in [-0.3, -0.25) is 14.4 Å². The average Bonchev–Trinajstić information content (AvgIpc) is 3.31. The number of imide groups is 1. The Morgan fingerprint density at radius 2 is 1.67 bits per heavy atom. The van der Waals surface area contributed by atoms with Gasteiger partial charge in [0.25, 0.3) is 0 Å². The van der Waals surface area contributed by atoms with Gasteiger partial charge in [0.2, 0.25) is 11.8 Å². The number of fused-ring (bicyclic) bond motifs is 3. The standard InChI is InChI=1S/C24H17NO5/c26-21-11-12-22(27)25(21)18-7-3-4-8-19(18)30-23(28)13-16-14-29-20-10-9-15-5-1-2-6-17(15)24(16)20/h1-10,14H,11-13H2. The topological polar surface area (TPSA) is 76.8 Å². The molecular formula is C24H17NO5. The van der Waals surface area contributed by atoms with Crippen molar-refractivity contribution in [3.8, 4) is 5.75 Å². The maximum absolute atomic E-state index is 12.7. The third-order valence-electron chi connectivity index (χ3n) is 5.26. The fourth-order valence-electron chi connectivity index (χ4n) is 3.89. The highest BCUT2D eigenvalue weighted by molar-refractivity contribution is 6.20. The van der Waals surface area contributed by atoms with Gasteiger partial charge < -0.3 is 9.15 Å². The Morgan fingerprint density at radius 3 is 2.50 bits per heavy atom. The quantitative estimate of drug-likeness (QED) is 0.289. The summed E-state index contributed by atoms with van der Waals surface area (Å²) in [6.45, 7) is 0. The van der Waals surface area contributed by atoms with E-state index in [1.807, 2.05) is 36.4 Å². The molecule has 148 valence electrons. The van der Waals surface area contributed by atoms with Gasteiger partial charge in [0, 0.05) is 23.8 Å². The lowest BCUT2D eigenvalue weighted by Crippen LogP contribution is -2.29. The summed E-state index contributed by atoms with van der Waals surface area (Å²) in [4.78, 5) is 38.0. The molecule has 0 spiro atoms. The highest BCUT2D eigenvalue weighted by atomic mass is 16.5. The lowest BCUT2D eigenvalue weighted by molar-refractivity contribution is -0.133. The number of ether oxygens (including phenoxy) is 1. The summed E-state index contributed by atoms with van der Waals surface area (Å²) >= 11 is 0. The molecule has 0 radical (unpaired) electrons. The Bertz CT molecular complexity index is 1300. The van der Waals surface area contributed by atoms with Gasteiger partial charge in [-0.25, -0.2) is 4.90 Å². The van der Waals surface area contributed by atoms with E-state index < -0.39 is 5.97 Å². The molecule has 0 saturated carbocycles. The Morgan fingerprint density at radius 1 is 0.933 bits per heavy atom. The molecule has 1 aliphatic rings. The van der Waals surface area contributed by atoms with E-state index in [-0.39, 0.29) is 36.8 Å². The fraction of sp³-hybridized carbons (Fsp3) is 0.125. The predicted octanol–water partition coefficient (Wildman–Crippen LogP) is 4.39. The second-order valence-corrected chi connectivity index (χ2v) is 7.16. The lowest BCUT2D eigenvalue weighted by atomic mass is 10.0. The van der Waals surface area contributed by atoms with Gasteiger partial charge >= 0.3 is 5.97 Å². The zero-order valence-corrected chi connectivity index (χ0v) is 16.0. The molecular weight excluding hydrogens is 382 g/mol. The maximum atomic E-state index is 12.7. The molecule has 0 N–H and O–H groups in total. The minimum atomic E-state index is -0.503. The fourth-order valence-corrected chi connectivity index (χ4v) is 3.89. The van der Waals surface area contributed by atoms with Crippen LogP contribution in [-0.2, 0) is 20.8 Å². The van der Waals surface area contributed by atoms with Crippen LogP contribution < -0.4 is 9.64 Å². The third-order valence-corrected chi connectivity index (χ3v) is 5.26. The molecule has 3 aromatic carbocycles. The Kier molecular flexibility index (Phi) is 4.32. The molecule has 1 aromatic heterocycles. The minimum Gasteiger partial charge on any atom is -0.464 e. The van der Waals surface area contributed by atoms with Crippen LogP contribution in [-0.4, -0.2) is 17.8 Å². The van der Waals surface area contributed by atoms with E-state index >= 15 is 0 Å². The minimum absolute atomic E-state index is 0.00274. The summed E-state index contributed by atoms with van der Waals surface area (Å²) in [5.41, 5.74) is 1.71. The average molecular weight is 399 g/mol. The van der Waals surface area contributed by atoms with Crippen LogP contribution in [0, 0.1) is 0 Å². The van der Waals surface area contributed by atoms with Crippen molar-refractivity contribution in [3.05, 3.63) is 72.5 Å². The second kappa shape index (κ2) is 7.15. The highest BCUT2D eigenvalue weighted by Crippen LogP contribution is 2.33. The van der Waals surface area contributed by atoms with E-state index in [0.29, 0.717) is 11.3 Å². The second-order valence-electron chi connectivity index (χ2n) is 7.16. The number of hydrogen-bond acceptors (Lipinski definition) is 5. The molecule has 2 heterocycles. The predicted molar refractivity (Wildman–Crippen MR) is 111 cm³/mol. The van der Waals surface area contributed by atoms with Gasteiger partial charge in [-0.2, -0.15) is 0 Å². The van der Waals surface area contributed by atoms with Gasteiger partial charge in [0.05, 0.1) is 18.4 Å². The van der Waals surface area contributed by atoms with E-state index in [4.69, 9.17) is 9.15 Å². The molecule has 0 atom stereocenters. The molecule has 4 aromatic rings. The van der Waals surface area contributed by atoms with Crippen molar-refractivity contribution >= 4 is 45.2 Å². The molecule has 0 aliphatic carbocycles. The molecule has 6 nitrogen and oxygen atoms in total. The SMILES string of the molecule is O=C(Cc1coc2ccc3ccccc3c12)Oc1ccccc1N1C(=O)CCC1=O. The molecule has 1 fully saturated rings. The van der Waals surface area contributed by atoms with Crippen molar-refractivity contribution in [3.63, 3.8) is 0 Å². The maximum Gasteiger partial charge on any atom is 0.315 e. The first kappa shape index (κ1) is 18.1. The zero-order valence-electron chi connectivity index (χ0n) is 16.0. The lowest BCUT2D eigenvalue weighted by Gasteiger charge is -2.17. The summed E-state index contributed by atoms with van der Waals surface area (Å²) in [6, 6.07) is 18.3. The number of amides is 2. The normalized spacial score (nSPS) is 14.1. The van der Waals surface area contributed by atoms with Crippen molar-refractivity contribution in [2.45, 2.75) is 19.3 Å². The molecule has 2 amide bonds. The van der Waals surface area contributed by atoms with E-state index in [2.05, 4.69) is 0 Å². The first-order valence-corrected chi connectivity index (χ1v) is 9.65. The smallest absolute Gasteiger partial charge is 0.315 e. The number of anilines is 1. The van der Waals surface area contributed by atoms with Crippen LogP contribution in [0.3, 0.4) is 0 Å². The van der Waals surface area contributed by atoms with Gasteiger partial charge in [-0.05, 0) is 29.0 Å². The number of para-hydroxylation sites is 2. The van der Waals surface area contributed by atoms with E-state index in [1.54, 1.807) is 30.5 Å². The van der Waals surface area contributed by atoms with Crippen molar-refractivity contribution < 1.29 is 23.5 Å². The molecule has 5 rings (SSSR count). The number of benzene rings is 3. The van der Waals surface area contributed by atoms with Crippen molar-refractivity contribution in [2.75, 3.05) is 4.90 Å². The van der Waals surface area contributed by atoms with Crippen LogP contribution in [0.4, 0.5) is 5.69 Å². The van der Waals surface area contributed by atoms with Gasteiger partial charge in [0.1, 0.15) is 5.58 Å². The third kappa shape index (κ3) is 3.03. The van der Waals surface area contributed by atoms with Crippen molar-refractivity contribution in [2.24, 2.45) is 0 Å². The first-order chi connectivity index (χ1) is 14.6. The number of nitrogens with zero attached hydrogens (tertiary/aromatic N) is 1. The number of furan rings is 1. The van der Waals surface area contributed by atoms with Gasteiger partial charge in [-0.1, -0.05) is 42.5 Å². The van der Waals surface area contributed by atoms with Crippen LogP contribution in [0.25, 0.3) is 21.7 Å². The van der Waals surface area contributed by atoms with Gasteiger partial charge in [0.15, 0.2) is 5.75 Å². The summed E-state index contributed by atoms with van der Waals surface area (Å²) in [5.74, 6) is -0.910. The summed E-state index contributed by atoms with van der Waals surface area (Å²) < 4.78 is 11.2. The van der Waals surface area contributed by atoms with E-state index in [0.717, 1.165) is 26.6 Å². The summed E-state index contributed by atoms with van der Waals surface area (Å²) in [5, 5.41) is 2.93. The summed E-state index contributed by atoms with van der Waals surface area (Å²) in [7, 11) is 0. The number of carbonyl (C=O) groups excluding carboxylic acids is 3. The van der Waals surface area contributed by atoms with Crippen LogP contribution in [0.2, 0.25) is 0 Å². The molecule has 1 aliphatic heterocycles. The molecule has 0 bridgehead atoms. The Labute approximate surface area is 171 Å². The first-order valence-electron chi connectivity index (χ1n) is 9.65. The largest absolute Gasteiger partial charge is 0.464 e. The van der Waals surface area contributed by atoms with Crippen LogP contribution in [0.5, 0.6) is 5.75 Å². The van der Waals surface area contributed by atoms with E-state index in [1.165, 1.54) is 0 Å². The van der Waals surface area contributed by atoms with Crippen LogP contribution in [0.1, 0.15) is 18.4 Å². The van der Waals surface area contributed by atoms with Crippen molar-refractivity contribution in [1.29, 1.82) is 0 Å². The molecule has 30 heavy (non-hydrogen) atoms. The molecule has 0 unspecified atom stereocenters.